The zero-order valence-corrected chi connectivity index (χ0v) is 12.0. The number of hydrogen-bond acceptors (Lipinski definition) is 2. The summed E-state index contributed by atoms with van der Waals surface area (Å²) in [5.74, 6) is 0.482. The number of hydrogen-bond donors (Lipinski definition) is 1. The number of thiocarbonyl (C=S) groups is 1. The molecule has 2 nitrogen and oxygen atoms in total. The number of ether oxygens (including phenoxy) is 1. The van der Waals surface area contributed by atoms with Gasteiger partial charge in [0.05, 0.1) is 12.7 Å². The van der Waals surface area contributed by atoms with E-state index in [2.05, 4.69) is 6.92 Å². The van der Waals surface area contributed by atoms with Crippen LogP contribution in [0.25, 0.3) is 0 Å². The van der Waals surface area contributed by atoms with Crippen LogP contribution in [0, 0.1) is 11.7 Å². The SMILES string of the molecule is CC1CCC(OCc2ccc(F)cc2C(N)=S)CC1. The predicted octanol–water partition coefficient (Wildman–Crippen LogP) is 3.56. The second-order valence-corrected chi connectivity index (χ2v) is 5.80. The summed E-state index contributed by atoms with van der Waals surface area (Å²) in [6.45, 7) is 2.73. The molecule has 0 aliphatic heterocycles. The van der Waals surface area contributed by atoms with Crippen molar-refractivity contribution in [1.82, 2.24) is 0 Å². The molecule has 0 saturated heterocycles. The van der Waals surface area contributed by atoms with E-state index >= 15 is 0 Å². The maximum absolute atomic E-state index is 13.2. The Hall–Kier alpha value is -1.00. The van der Waals surface area contributed by atoms with Crippen LogP contribution in [-0.2, 0) is 11.3 Å². The molecule has 104 valence electrons. The van der Waals surface area contributed by atoms with Gasteiger partial charge in [-0.3, -0.25) is 0 Å². The molecular weight excluding hydrogens is 261 g/mol. The molecule has 1 aliphatic rings. The fraction of sp³-hybridized carbons (Fsp3) is 0.533. The van der Waals surface area contributed by atoms with E-state index in [1.165, 1.54) is 25.0 Å². The lowest BCUT2D eigenvalue weighted by Gasteiger charge is -2.26. The highest BCUT2D eigenvalue weighted by molar-refractivity contribution is 7.80. The van der Waals surface area contributed by atoms with Crippen molar-refractivity contribution >= 4 is 17.2 Å². The minimum absolute atomic E-state index is 0.218. The van der Waals surface area contributed by atoms with Crippen LogP contribution < -0.4 is 5.73 Å². The summed E-state index contributed by atoms with van der Waals surface area (Å²) in [4.78, 5) is 0.218. The van der Waals surface area contributed by atoms with Crippen molar-refractivity contribution in [3.63, 3.8) is 0 Å². The van der Waals surface area contributed by atoms with Crippen LogP contribution in [0.3, 0.4) is 0 Å². The molecule has 1 aromatic rings. The first-order chi connectivity index (χ1) is 9.06. The normalized spacial score (nSPS) is 23.3. The van der Waals surface area contributed by atoms with Gasteiger partial charge in [-0.1, -0.05) is 25.2 Å². The Morgan fingerprint density at radius 3 is 2.68 bits per heavy atom. The summed E-state index contributed by atoms with van der Waals surface area (Å²) in [5.41, 5.74) is 7.07. The van der Waals surface area contributed by atoms with Gasteiger partial charge in [0, 0.05) is 5.56 Å². The smallest absolute Gasteiger partial charge is 0.123 e. The lowest BCUT2D eigenvalue weighted by molar-refractivity contribution is 0.00870. The van der Waals surface area contributed by atoms with Crippen LogP contribution in [0.4, 0.5) is 4.39 Å². The highest BCUT2D eigenvalue weighted by atomic mass is 32.1. The monoisotopic (exact) mass is 281 g/mol. The molecule has 2 rings (SSSR count). The molecule has 1 aliphatic carbocycles. The lowest BCUT2D eigenvalue weighted by atomic mass is 9.89. The fourth-order valence-corrected chi connectivity index (χ4v) is 2.70. The van der Waals surface area contributed by atoms with Crippen LogP contribution in [0.2, 0.25) is 0 Å². The molecule has 0 heterocycles. The van der Waals surface area contributed by atoms with Gasteiger partial charge in [0.15, 0.2) is 0 Å². The Kier molecular flexibility index (Phi) is 4.88. The van der Waals surface area contributed by atoms with Gasteiger partial charge in [-0.2, -0.15) is 0 Å². The molecule has 0 amide bonds. The Morgan fingerprint density at radius 1 is 1.37 bits per heavy atom. The van der Waals surface area contributed by atoms with E-state index in [1.807, 2.05) is 0 Å². The standard InChI is InChI=1S/C15H20FNOS/c1-10-2-6-13(7-3-10)18-9-11-4-5-12(16)8-14(11)15(17)19/h4-5,8,10,13H,2-3,6-7,9H2,1H3,(H2,17,19). The van der Waals surface area contributed by atoms with Gasteiger partial charge < -0.3 is 10.5 Å². The van der Waals surface area contributed by atoms with Gasteiger partial charge >= 0.3 is 0 Å². The van der Waals surface area contributed by atoms with Crippen molar-refractivity contribution in [3.05, 3.63) is 35.1 Å². The van der Waals surface area contributed by atoms with Gasteiger partial charge in [-0.05, 0) is 49.3 Å². The topological polar surface area (TPSA) is 35.2 Å². The minimum Gasteiger partial charge on any atom is -0.389 e. The molecule has 0 atom stereocenters. The summed E-state index contributed by atoms with van der Waals surface area (Å²) in [7, 11) is 0. The van der Waals surface area contributed by atoms with Crippen molar-refractivity contribution in [1.29, 1.82) is 0 Å². The number of benzene rings is 1. The van der Waals surface area contributed by atoms with E-state index < -0.39 is 0 Å². The second kappa shape index (κ2) is 6.44. The quantitative estimate of drug-likeness (QED) is 0.857. The maximum atomic E-state index is 13.2. The molecule has 19 heavy (non-hydrogen) atoms. The molecular formula is C15H20FNOS. The largest absolute Gasteiger partial charge is 0.389 e. The van der Waals surface area contributed by atoms with E-state index in [0.29, 0.717) is 18.3 Å². The molecule has 1 saturated carbocycles. The first-order valence-corrected chi connectivity index (χ1v) is 7.17. The molecule has 0 bridgehead atoms. The zero-order valence-electron chi connectivity index (χ0n) is 11.2. The van der Waals surface area contributed by atoms with Crippen molar-refractivity contribution in [3.8, 4) is 0 Å². The van der Waals surface area contributed by atoms with Crippen LogP contribution >= 0.6 is 12.2 Å². The van der Waals surface area contributed by atoms with E-state index in [1.54, 1.807) is 6.07 Å². The fourth-order valence-electron chi connectivity index (χ4n) is 2.51. The van der Waals surface area contributed by atoms with Crippen molar-refractivity contribution in [2.75, 3.05) is 0 Å². The van der Waals surface area contributed by atoms with Gasteiger partial charge in [0.1, 0.15) is 10.8 Å². The molecule has 0 spiro atoms. The average molecular weight is 281 g/mol. The number of rotatable bonds is 4. The Balaban J connectivity index is 1.97. The molecule has 2 N–H and O–H groups in total. The molecule has 4 heteroatoms. The maximum Gasteiger partial charge on any atom is 0.123 e. The molecule has 0 radical (unpaired) electrons. The highest BCUT2D eigenvalue weighted by Crippen LogP contribution is 2.26. The Bertz CT molecular complexity index is 455. The van der Waals surface area contributed by atoms with Crippen molar-refractivity contribution in [2.45, 2.75) is 45.3 Å². The Morgan fingerprint density at radius 2 is 2.05 bits per heavy atom. The van der Waals surface area contributed by atoms with Gasteiger partial charge in [0.2, 0.25) is 0 Å². The molecule has 0 aromatic heterocycles. The molecule has 1 fully saturated rings. The Labute approximate surface area is 119 Å². The van der Waals surface area contributed by atoms with Gasteiger partial charge in [-0.25, -0.2) is 4.39 Å². The summed E-state index contributed by atoms with van der Waals surface area (Å²) >= 11 is 4.95. The summed E-state index contributed by atoms with van der Waals surface area (Å²) in [5, 5.41) is 0. The molecule has 1 aromatic carbocycles. The number of nitrogens with two attached hydrogens (primary N) is 1. The van der Waals surface area contributed by atoms with Crippen molar-refractivity contribution in [2.24, 2.45) is 11.7 Å². The van der Waals surface area contributed by atoms with Gasteiger partial charge in [0.25, 0.3) is 0 Å². The van der Waals surface area contributed by atoms with E-state index in [4.69, 9.17) is 22.7 Å². The van der Waals surface area contributed by atoms with Crippen LogP contribution in [-0.4, -0.2) is 11.1 Å². The third kappa shape index (κ3) is 3.98. The average Bonchev–Trinajstić information content (AvgIpc) is 2.39. The summed E-state index contributed by atoms with van der Waals surface area (Å²) < 4.78 is 19.1. The third-order valence-corrected chi connectivity index (χ3v) is 3.99. The number of halogens is 1. The highest BCUT2D eigenvalue weighted by Gasteiger charge is 2.19. The van der Waals surface area contributed by atoms with Crippen LogP contribution in [0.1, 0.15) is 43.7 Å². The predicted molar refractivity (Wildman–Crippen MR) is 78.5 cm³/mol. The first kappa shape index (κ1) is 14.4. The zero-order chi connectivity index (χ0) is 13.8. The van der Waals surface area contributed by atoms with E-state index in [-0.39, 0.29) is 10.8 Å². The minimum atomic E-state index is -0.321. The van der Waals surface area contributed by atoms with E-state index in [9.17, 15) is 4.39 Å². The summed E-state index contributed by atoms with van der Waals surface area (Å²) in [6, 6.07) is 4.50. The van der Waals surface area contributed by atoms with Crippen molar-refractivity contribution < 1.29 is 9.13 Å². The van der Waals surface area contributed by atoms with Crippen LogP contribution in [0.15, 0.2) is 18.2 Å². The summed E-state index contributed by atoms with van der Waals surface area (Å²) in [6.07, 6.45) is 4.95. The molecule has 0 unspecified atom stereocenters. The van der Waals surface area contributed by atoms with Crippen LogP contribution in [0.5, 0.6) is 0 Å². The first-order valence-electron chi connectivity index (χ1n) is 6.76. The third-order valence-electron chi connectivity index (χ3n) is 3.77. The van der Waals surface area contributed by atoms with Gasteiger partial charge in [-0.15, -0.1) is 0 Å². The second-order valence-electron chi connectivity index (χ2n) is 5.36. The van der Waals surface area contributed by atoms with E-state index in [0.717, 1.165) is 24.3 Å². The lowest BCUT2D eigenvalue weighted by Crippen LogP contribution is -2.21.